The van der Waals surface area contributed by atoms with Gasteiger partial charge in [0.1, 0.15) is 5.82 Å². The lowest BCUT2D eigenvalue weighted by molar-refractivity contribution is 0.0672. The fraction of sp³-hybridized carbons (Fsp3) is 0.357. The molecule has 0 radical (unpaired) electrons. The molecule has 0 saturated carbocycles. The van der Waals surface area contributed by atoms with Crippen LogP contribution in [0.4, 0.5) is 4.39 Å². The Morgan fingerprint density at radius 3 is 2.71 bits per heavy atom. The average molecular weight is 231 g/mol. The van der Waals surface area contributed by atoms with Crippen molar-refractivity contribution in [2.75, 3.05) is 6.54 Å². The summed E-state index contributed by atoms with van der Waals surface area (Å²) in [4.78, 5) is 13.9. The van der Waals surface area contributed by atoms with Crippen LogP contribution in [0.15, 0.2) is 24.3 Å². The summed E-state index contributed by atoms with van der Waals surface area (Å²) in [6.45, 7) is 0.686. The lowest BCUT2D eigenvalue weighted by Crippen LogP contribution is -2.42. The fourth-order valence-corrected chi connectivity index (χ4v) is 2.11. The van der Waals surface area contributed by atoms with E-state index in [-0.39, 0.29) is 17.8 Å². The van der Waals surface area contributed by atoms with Gasteiger partial charge in [0.25, 0.3) is 5.91 Å². The Kier molecular flexibility index (Phi) is 3.43. The predicted molar refractivity (Wildman–Crippen MR) is 63.9 cm³/mol. The van der Waals surface area contributed by atoms with Crippen LogP contribution in [0.25, 0.3) is 0 Å². The highest BCUT2D eigenvalue weighted by Crippen LogP contribution is 2.19. The molecule has 3 heteroatoms. The number of benzene rings is 1. The molecular weight excluding hydrogens is 217 g/mol. The molecule has 1 aromatic rings. The molecule has 1 heterocycles. The second-order valence-electron chi connectivity index (χ2n) is 4.18. The van der Waals surface area contributed by atoms with Crippen molar-refractivity contribution in [2.24, 2.45) is 0 Å². The molecule has 0 spiro atoms. The quantitative estimate of drug-likeness (QED) is 0.680. The van der Waals surface area contributed by atoms with Crippen LogP contribution in [0.2, 0.25) is 0 Å². The van der Waals surface area contributed by atoms with Crippen LogP contribution in [-0.4, -0.2) is 23.4 Å². The highest BCUT2D eigenvalue weighted by Gasteiger charge is 2.25. The number of carbonyl (C=O) groups excluding carboxylic acids is 1. The summed E-state index contributed by atoms with van der Waals surface area (Å²) in [5, 5.41) is 0. The minimum atomic E-state index is -0.339. The molecule has 2 nitrogen and oxygen atoms in total. The molecule has 88 valence electrons. The normalized spacial score (nSPS) is 19.8. The van der Waals surface area contributed by atoms with Crippen molar-refractivity contribution in [2.45, 2.75) is 25.3 Å². The minimum absolute atomic E-state index is 0.104. The standard InChI is InChI=1S/C14H14FNO/c1-2-13-5-3-4-10-16(13)14(17)11-6-8-12(15)9-7-11/h1,6-9,13H,3-5,10H2. The Balaban J connectivity index is 2.18. The van der Waals surface area contributed by atoms with E-state index in [2.05, 4.69) is 5.92 Å². The highest BCUT2D eigenvalue weighted by molar-refractivity contribution is 5.94. The van der Waals surface area contributed by atoms with Crippen molar-refractivity contribution >= 4 is 5.91 Å². The zero-order valence-corrected chi connectivity index (χ0v) is 9.53. The third-order valence-electron chi connectivity index (χ3n) is 3.05. The van der Waals surface area contributed by atoms with Crippen LogP contribution in [0.3, 0.4) is 0 Å². The average Bonchev–Trinajstić information content (AvgIpc) is 2.39. The summed E-state index contributed by atoms with van der Waals surface area (Å²) in [5.41, 5.74) is 0.494. The van der Waals surface area contributed by atoms with Crippen molar-refractivity contribution in [3.63, 3.8) is 0 Å². The maximum Gasteiger partial charge on any atom is 0.254 e. The van der Waals surface area contributed by atoms with Gasteiger partial charge in [-0.2, -0.15) is 0 Å². The molecule has 1 aliphatic heterocycles. The summed E-state index contributed by atoms with van der Waals surface area (Å²) in [6.07, 6.45) is 8.32. The molecule has 2 rings (SSSR count). The molecule has 0 bridgehead atoms. The Bertz CT molecular complexity index is 446. The van der Waals surface area contributed by atoms with Gasteiger partial charge in [0.05, 0.1) is 6.04 Å². The number of amides is 1. The van der Waals surface area contributed by atoms with Crippen LogP contribution in [0.1, 0.15) is 29.6 Å². The van der Waals surface area contributed by atoms with Crippen LogP contribution in [0, 0.1) is 18.2 Å². The van der Waals surface area contributed by atoms with E-state index in [0.29, 0.717) is 12.1 Å². The summed E-state index contributed by atoms with van der Waals surface area (Å²) in [7, 11) is 0. The van der Waals surface area contributed by atoms with E-state index < -0.39 is 0 Å². The number of nitrogens with zero attached hydrogens (tertiary/aromatic N) is 1. The first-order chi connectivity index (χ1) is 8.22. The van der Waals surface area contributed by atoms with Crippen LogP contribution < -0.4 is 0 Å². The smallest absolute Gasteiger partial charge is 0.254 e. The number of terminal acetylenes is 1. The summed E-state index contributed by atoms with van der Waals surface area (Å²) < 4.78 is 12.8. The number of halogens is 1. The second-order valence-corrected chi connectivity index (χ2v) is 4.18. The summed E-state index contributed by atoms with van der Waals surface area (Å²) >= 11 is 0. The molecule has 1 aromatic carbocycles. The van der Waals surface area contributed by atoms with E-state index in [0.717, 1.165) is 19.3 Å². The molecule has 17 heavy (non-hydrogen) atoms. The Hall–Kier alpha value is -1.82. The summed E-state index contributed by atoms with van der Waals surface area (Å²) in [6, 6.07) is 5.46. The topological polar surface area (TPSA) is 20.3 Å². The van der Waals surface area contributed by atoms with Crippen molar-refractivity contribution in [1.29, 1.82) is 0 Å². The van der Waals surface area contributed by atoms with E-state index in [1.807, 2.05) is 0 Å². The lowest BCUT2D eigenvalue weighted by atomic mass is 10.0. The van der Waals surface area contributed by atoms with Crippen LogP contribution in [0.5, 0.6) is 0 Å². The van der Waals surface area contributed by atoms with Crippen LogP contribution in [-0.2, 0) is 0 Å². The molecule has 1 fully saturated rings. The van der Waals surface area contributed by atoms with E-state index in [1.165, 1.54) is 24.3 Å². The summed E-state index contributed by atoms with van der Waals surface area (Å²) in [5.74, 6) is 2.20. The molecule has 0 aliphatic carbocycles. The fourth-order valence-electron chi connectivity index (χ4n) is 2.11. The zero-order chi connectivity index (χ0) is 12.3. The van der Waals surface area contributed by atoms with E-state index in [4.69, 9.17) is 6.42 Å². The molecule has 0 aromatic heterocycles. The van der Waals surface area contributed by atoms with E-state index in [9.17, 15) is 9.18 Å². The van der Waals surface area contributed by atoms with Gasteiger partial charge >= 0.3 is 0 Å². The van der Waals surface area contributed by atoms with Gasteiger partial charge in [0.2, 0.25) is 0 Å². The third-order valence-corrected chi connectivity index (χ3v) is 3.05. The molecular formula is C14H14FNO. The van der Waals surface area contributed by atoms with Gasteiger partial charge in [-0.25, -0.2) is 4.39 Å². The van der Waals surface area contributed by atoms with Crippen molar-refractivity contribution in [3.05, 3.63) is 35.6 Å². The van der Waals surface area contributed by atoms with Crippen molar-refractivity contribution in [1.82, 2.24) is 4.90 Å². The van der Waals surface area contributed by atoms with Crippen molar-refractivity contribution < 1.29 is 9.18 Å². The predicted octanol–water partition coefficient (Wildman–Crippen LogP) is 2.45. The number of likely N-dealkylation sites (tertiary alicyclic amines) is 1. The second kappa shape index (κ2) is 5.01. The number of piperidine rings is 1. The van der Waals surface area contributed by atoms with Gasteiger partial charge in [-0.1, -0.05) is 5.92 Å². The molecule has 1 saturated heterocycles. The van der Waals surface area contributed by atoms with Gasteiger partial charge in [0.15, 0.2) is 0 Å². The van der Waals surface area contributed by atoms with Gasteiger partial charge in [-0.3, -0.25) is 4.79 Å². The first kappa shape index (κ1) is 11.7. The molecule has 0 N–H and O–H groups in total. The van der Waals surface area contributed by atoms with E-state index in [1.54, 1.807) is 4.90 Å². The van der Waals surface area contributed by atoms with Gasteiger partial charge in [-0.05, 0) is 43.5 Å². The minimum Gasteiger partial charge on any atom is -0.325 e. The first-order valence-corrected chi connectivity index (χ1v) is 5.75. The molecule has 1 aliphatic rings. The van der Waals surface area contributed by atoms with E-state index >= 15 is 0 Å². The monoisotopic (exact) mass is 231 g/mol. The SMILES string of the molecule is C#CC1CCCCN1C(=O)c1ccc(F)cc1. The maximum atomic E-state index is 12.8. The zero-order valence-electron chi connectivity index (χ0n) is 9.53. The number of rotatable bonds is 1. The Morgan fingerprint density at radius 1 is 1.35 bits per heavy atom. The Morgan fingerprint density at radius 2 is 2.06 bits per heavy atom. The molecule has 1 atom stereocenters. The Labute approximate surface area is 100 Å². The largest absolute Gasteiger partial charge is 0.325 e. The molecule has 1 unspecified atom stereocenters. The third kappa shape index (κ3) is 2.47. The number of hydrogen-bond donors (Lipinski definition) is 0. The number of carbonyl (C=O) groups is 1. The maximum absolute atomic E-state index is 12.8. The van der Waals surface area contributed by atoms with Gasteiger partial charge < -0.3 is 4.90 Å². The number of hydrogen-bond acceptors (Lipinski definition) is 1. The molecule has 1 amide bonds. The van der Waals surface area contributed by atoms with Crippen LogP contribution >= 0.6 is 0 Å². The van der Waals surface area contributed by atoms with Gasteiger partial charge in [-0.15, -0.1) is 6.42 Å². The lowest BCUT2D eigenvalue weighted by Gasteiger charge is -2.32. The van der Waals surface area contributed by atoms with Crippen molar-refractivity contribution in [3.8, 4) is 12.3 Å². The first-order valence-electron chi connectivity index (χ1n) is 5.75. The highest BCUT2D eigenvalue weighted by atomic mass is 19.1. The van der Waals surface area contributed by atoms with Gasteiger partial charge in [0, 0.05) is 12.1 Å².